The summed E-state index contributed by atoms with van der Waals surface area (Å²) in [7, 11) is 2.04. The molecule has 0 aromatic rings. The number of rotatable bonds is 5. The maximum Gasteiger partial charge on any atom is 0.0635 e. The minimum atomic E-state index is 0.191. The SMILES string of the molecule is CN(CCC#N)CCNC(C)(C)C. The van der Waals surface area contributed by atoms with Crippen LogP contribution in [0.3, 0.4) is 0 Å². The number of nitriles is 1. The molecule has 0 aliphatic carbocycles. The number of hydrogen-bond acceptors (Lipinski definition) is 3. The summed E-state index contributed by atoms with van der Waals surface area (Å²) < 4.78 is 0. The second-order valence-electron chi connectivity index (χ2n) is 4.39. The van der Waals surface area contributed by atoms with E-state index in [1.54, 1.807) is 0 Å². The van der Waals surface area contributed by atoms with Crippen molar-refractivity contribution in [3.05, 3.63) is 0 Å². The van der Waals surface area contributed by atoms with Crippen LogP contribution in [0.25, 0.3) is 0 Å². The Kier molecular flexibility index (Phi) is 5.68. The predicted molar refractivity (Wildman–Crippen MR) is 55.5 cm³/mol. The zero-order valence-corrected chi connectivity index (χ0v) is 9.22. The summed E-state index contributed by atoms with van der Waals surface area (Å²) in [6.45, 7) is 9.31. The Morgan fingerprint density at radius 3 is 2.38 bits per heavy atom. The molecule has 0 aromatic carbocycles. The van der Waals surface area contributed by atoms with Gasteiger partial charge < -0.3 is 10.2 Å². The van der Waals surface area contributed by atoms with Crippen molar-refractivity contribution in [1.29, 1.82) is 5.26 Å². The normalized spacial score (nSPS) is 11.7. The first-order valence-corrected chi connectivity index (χ1v) is 4.76. The number of nitrogens with zero attached hydrogens (tertiary/aromatic N) is 2. The van der Waals surface area contributed by atoms with Crippen LogP contribution in [0.1, 0.15) is 27.2 Å². The van der Waals surface area contributed by atoms with Crippen molar-refractivity contribution in [2.24, 2.45) is 0 Å². The van der Waals surface area contributed by atoms with Crippen molar-refractivity contribution in [3.63, 3.8) is 0 Å². The van der Waals surface area contributed by atoms with Crippen molar-refractivity contribution in [1.82, 2.24) is 10.2 Å². The zero-order valence-electron chi connectivity index (χ0n) is 9.22. The lowest BCUT2D eigenvalue weighted by Gasteiger charge is -2.23. The predicted octanol–water partition coefficient (Wildman–Crippen LogP) is 1.22. The smallest absolute Gasteiger partial charge is 0.0635 e. The lowest BCUT2D eigenvalue weighted by Crippen LogP contribution is -2.40. The molecule has 0 aliphatic heterocycles. The maximum atomic E-state index is 8.38. The van der Waals surface area contributed by atoms with E-state index in [1.165, 1.54) is 0 Å². The number of hydrogen-bond donors (Lipinski definition) is 1. The van der Waals surface area contributed by atoms with Gasteiger partial charge in [-0.25, -0.2) is 0 Å². The van der Waals surface area contributed by atoms with E-state index in [4.69, 9.17) is 5.26 Å². The fourth-order valence-corrected chi connectivity index (χ4v) is 0.974. The molecule has 0 unspecified atom stereocenters. The first-order valence-electron chi connectivity index (χ1n) is 4.76. The molecule has 0 aliphatic rings. The molecule has 0 rings (SSSR count). The van der Waals surface area contributed by atoms with Crippen LogP contribution in [0.4, 0.5) is 0 Å². The summed E-state index contributed by atoms with van der Waals surface area (Å²) >= 11 is 0. The van der Waals surface area contributed by atoms with Gasteiger partial charge in [0.25, 0.3) is 0 Å². The van der Waals surface area contributed by atoms with Crippen LogP contribution < -0.4 is 5.32 Å². The average molecular weight is 183 g/mol. The van der Waals surface area contributed by atoms with Crippen LogP contribution in [0.5, 0.6) is 0 Å². The fraction of sp³-hybridized carbons (Fsp3) is 0.900. The Balaban J connectivity index is 3.38. The quantitative estimate of drug-likeness (QED) is 0.696. The van der Waals surface area contributed by atoms with Crippen molar-refractivity contribution < 1.29 is 0 Å². The van der Waals surface area contributed by atoms with Gasteiger partial charge in [-0.05, 0) is 27.8 Å². The van der Waals surface area contributed by atoms with Gasteiger partial charge in [0.1, 0.15) is 0 Å². The van der Waals surface area contributed by atoms with E-state index in [-0.39, 0.29) is 5.54 Å². The standard InChI is InChI=1S/C10H21N3/c1-10(2,3)12-7-9-13(4)8-5-6-11/h12H,5,7-9H2,1-4H3. The molecule has 0 heterocycles. The number of nitrogens with one attached hydrogen (secondary N) is 1. The van der Waals surface area contributed by atoms with Gasteiger partial charge >= 0.3 is 0 Å². The molecule has 0 saturated carbocycles. The summed E-state index contributed by atoms with van der Waals surface area (Å²) in [5.74, 6) is 0. The minimum absolute atomic E-state index is 0.191. The molecule has 3 nitrogen and oxygen atoms in total. The highest BCUT2D eigenvalue weighted by atomic mass is 15.1. The monoisotopic (exact) mass is 183 g/mol. The molecule has 0 atom stereocenters. The molecule has 1 N–H and O–H groups in total. The summed E-state index contributed by atoms with van der Waals surface area (Å²) in [5.41, 5.74) is 0.191. The summed E-state index contributed by atoms with van der Waals surface area (Å²) in [4.78, 5) is 2.17. The van der Waals surface area contributed by atoms with E-state index in [1.807, 2.05) is 7.05 Å². The Labute approximate surface area is 81.7 Å². The van der Waals surface area contributed by atoms with E-state index in [0.29, 0.717) is 6.42 Å². The maximum absolute atomic E-state index is 8.38. The van der Waals surface area contributed by atoms with E-state index in [9.17, 15) is 0 Å². The third kappa shape index (κ3) is 9.32. The van der Waals surface area contributed by atoms with E-state index >= 15 is 0 Å². The summed E-state index contributed by atoms with van der Waals surface area (Å²) in [5, 5.41) is 11.8. The Morgan fingerprint density at radius 1 is 1.31 bits per heavy atom. The highest BCUT2D eigenvalue weighted by molar-refractivity contribution is 4.73. The zero-order chi connectivity index (χ0) is 10.3. The van der Waals surface area contributed by atoms with Gasteiger partial charge in [0.05, 0.1) is 6.07 Å². The molecule has 3 heteroatoms. The van der Waals surface area contributed by atoms with E-state index in [0.717, 1.165) is 19.6 Å². The molecular formula is C10H21N3. The Hall–Kier alpha value is -0.590. The van der Waals surface area contributed by atoms with Gasteiger partial charge in [-0.2, -0.15) is 5.26 Å². The molecular weight excluding hydrogens is 162 g/mol. The van der Waals surface area contributed by atoms with Gasteiger partial charge in [-0.1, -0.05) is 0 Å². The van der Waals surface area contributed by atoms with Crippen LogP contribution >= 0.6 is 0 Å². The van der Waals surface area contributed by atoms with Crippen molar-refractivity contribution in [2.75, 3.05) is 26.7 Å². The first-order chi connectivity index (χ1) is 5.95. The van der Waals surface area contributed by atoms with Crippen LogP contribution in [0.15, 0.2) is 0 Å². The van der Waals surface area contributed by atoms with E-state index in [2.05, 4.69) is 37.1 Å². The molecule has 0 amide bonds. The summed E-state index contributed by atoms with van der Waals surface area (Å²) in [6, 6.07) is 2.14. The fourth-order valence-electron chi connectivity index (χ4n) is 0.974. The molecule has 0 bridgehead atoms. The summed E-state index contributed by atoms with van der Waals surface area (Å²) in [6.07, 6.45) is 0.617. The van der Waals surface area contributed by atoms with Crippen molar-refractivity contribution in [3.8, 4) is 6.07 Å². The van der Waals surface area contributed by atoms with Crippen LogP contribution in [0.2, 0.25) is 0 Å². The van der Waals surface area contributed by atoms with Crippen LogP contribution in [-0.2, 0) is 0 Å². The molecule has 0 radical (unpaired) electrons. The van der Waals surface area contributed by atoms with Crippen LogP contribution in [-0.4, -0.2) is 37.1 Å². The highest BCUT2D eigenvalue weighted by Gasteiger charge is 2.07. The van der Waals surface area contributed by atoms with Gasteiger partial charge in [0.15, 0.2) is 0 Å². The Bertz CT molecular complexity index is 164. The number of likely N-dealkylation sites (N-methyl/N-ethyl adjacent to an activating group) is 1. The largest absolute Gasteiger partial charge is 0.311 e. The second-order valence-corrected chi connectivity index (χ2v) is 4.39. The highest BCUT2D eigenvalue weighted by Crippen LogP contribution is 1.97. The van der Waals surface area contributed by atoms with Gasteiger partial charge in [-0.3, -0.25) is 0 Å². The van der Waals surface area contributed by atoms with Crippen molar-refractivity contribution >= 4 is 0 Å². The lowest BCUT2D eigenvalue weighted by atomic mass is 10.1. The Morgan fingerprint density at radius 2 is 1.92 bits per heavy atom. The molecule has 0 fully saturated rings. The molecule has 13 heavy (non-hydrogen) atoms. The average Bonchev–Trinajstić information content (AvgIpc) is 1.98. The van der Waals surface area contributed by atoms with Crippen LogP contribution in [0, 0.1) is 11.3 Å². The molecule has 0 saturated heterocycles. The lowest BCUT2D eigenvalue weighted by molar-refractivity contribution is 0.315. The topological polar surface area (TPSA) is 39.1 Å². The third-order valence-corrected chi connectivity index (χ3v) is 1.75. The third-order valence-electron chi connectivity index (χ3n) is 1.75. The second kappa shape index (κ2) is 5.95. The van der Waals surface area contributed by atoms with E-state index < -0.39 is 0 Å². The molecule has 76 valence electrons. The van der Waals surface area contributed by atoms with Gasteiger partial charge in [0, 0.05) is 31.6 Å². The van der Waals surface area contributed by atoms with Crippen molar-refractivity contribution in [2.45, 2.75) is 32.7 Å². The first kappa shape index (κ1) is 12.4. The molecule has 0 aromatic heterocycles. The van der Waals surface area contributed by atoms with Gasteiger partial charge in [-0.15, -0.1) is 0 Å². The minimum Gasteiger partial charge on any atom is -0.311 e. The molecule has 0 spiro atoms. The van der Waals surface area contributed by atoms with Gasteiger partial charge in [0.2, 0.25) is 0 Å².